The van der Waals surface area contributed by atoms with Gasteiger partial charge in [-0.3, -0.25) is 9.69 Å². The smallest absolute Gasteiger partial charge is 0.275 e. The summed E-state index contributed by atoms with van der Waals surface area (Å²) in [4.78, 5) is 15.1. The number of anilines is 2. The van der Waals surface area contributed by atoms with Gasteiger partial charge in [-0.25, -0.2) is 8.78 Å². The van der Waals surface area contributed by atoms with E-state index in [0.717, 1.165) is 16.3 Å². The van der Waals surface area contributed by atoms with E-state index in [2.05, 4.69) is 5.32 Å². The third kappa shape index (κ3) is 3.55. The van der Waals surface area contributed by atoms with Crippen LogP contribution in [-0.4, -0.2) is 5.91 Å². The van der Waals surface area contributed by atoms with Gasteiger partial charge in [-0.15, -0.1) is 0 Å². The number of nitrogens with one attached hydrogen (secondary N) is 1. The van der Waals surface area contributed by atoms with E-state index in [4.69, 9.17) is 0 Å². The van der Waals surface area contributed by atoms with Crippen molar-refractivity contribution in [2.24, 2.45) is 0 Å². The van der Waals surface area contributed by atoms with Crippen LogP contribution >= 0.6 is 0 Å². The second-order valence-electron chi connectivity index (χ2n) is 7.38. The van der Waals surface area contributed by atoms with Crippen molar-refractivity contribution in [3.05, 3.63) is 120 Å². The number of rotatable bonds is 4. The number of fused-ring (bicyclic) bond motifs is 1. The zero-order chi connectivity index (χ0) is 21.4. The molecule has 1 heterocycles. The third-order valence-corrected chi connectivity index (χ3v) is 5.42. The van der Waals surface area contributed by atoms with Crippen molar-refractivity contribution in [2.45, 2.75) is 6.04 Å². The van der Waals surface area contributed by atoms with E-state index in [1.54, 1.807) is 29.2 Å². The van der Waals surface area contributed by atoms with Crippen LogP contribution in [0.5, 0.6) is 0 Å². The van der Waals surface area contributed by atoms with Crippen LogP contribution in [0.4, 0.5) is 20.2 Å². The van der Waals surface area contributed by atoms with Gasteiger partial charge in [-0.2, -0.15) is 0 Å². The molecule has 4 aromatic rings. The summed E-state index contributed by atoms with van der Waals surface area (Å²) in [7, 11) is 0. The van der Waals surface area contributed by atoms with E-state index in [-0.39, 0.29) is 23.6 Å². The van der Waals surface area contributed by atoms with E-state index in [9.17, 15) is 13.6 Å². The molecule has 1 aliphatic heterocycles. The molecule has 0 aromatic heterocycles. The number of amides is 1. The van der Waals surface area contributed by atoms with Gasteiger partial charge in [0.1, 0.15) is 17.3 Å². The average Bonchev–Trinajstić information content (AvgIpc) is 3.11. The average molecular weight is 412 g/mol. The number of carbonyl (C=O) groups excluding carboxylic acids is 1. The zero-order valence-electron chi connectivity index (χ0n) is 16.4. The minimum Gasteiger partial charge on any atom is -0.351 e. The summed E-state index contributed by atoms with van der Waals surface area (Å²) in [5.41, 5.74) is 2.55. The van der Waals surface area contributed by atoms with E-state index in [1.165, 1.54) is 24.3 Å². The highest BCUT2D eigenvalue weighted by molar-refractivity contribution is 6.11. The van der Waals surface area contributed by atoms with Crippen molar-refractivity contribution in [2.75, 3.05) is 10.2 Å². The molecule has 0 saturated heterocycles. The topological polar surface area (TPSA) is 32.3 Å². The fourth-order valence-electron chi connectivity index (χ4n) is 3.96. The largest absolute Gasteiger partial charge is 0.351 e. The van der Waals surface area contributed by atoms with Crippen LogP contribution in [0.2, 0.25) is 0 Å². The predicted octanol–water partition coefficient (Wildman–Crippen LogP) is 6.20. The van der Waals surface area contributed by atoms with Gasteiger partial charge in [0.05, 0.1) is 6.04 Å². The fourth-order valence-corrected chi connectivity index (χ4v) is 3.96. The molecule has 0 saturated carbocycles. The quantitative estimate of drug-likeness (QED) is 0.433. The second kappa shape index (κ2) is 7.69. The molecule has 1 amide bonds. The maximum absolute atomic E-state index is 13.5. The van der Waals surface area contributed by atoms with Crippen molar-refractivity contribution in [1.29, 1.82) is 0 Å². The Morgan fingerprint density at radius 2 is 1.39 bits per heavy atom. The molecule has 0 bridgehead atoms. The van der Waals surface area contributed by atoms with E-state index in [1.807, 2.05) is 48.5 Å². The molecule has 0 radical (unpaired) electrons. The normalized spacial score (nSPS) is 15.9. The first-order valence-corrected chi connectivity index (χ1v) is 9.91. The monoisotopic (exact) mass is 412 g/mol. The van der Waals surface area contributed by atoms with Crippen molar-refractivity contribution >= 4 is 28.1 Å². The van der Waals surface area contributed by atoms with Crippen molar-refractivity contribution in [3.8, 4) is 0 Å². The molecule has 4 aromatic carbocycles. The van der Waals surface area contributed by atoms with E-state index >= 15 is 0 Å². The van der Waals surface area contributed by atoms with Crippen molar-refractivity contribution < 1.29 is 13.6 Å². The molecule has 1 atom stereocenters. The first-order chi connectivity index (χ1) is 15.1. The van der Waals surface area contributed by atoms with Crippen LogP contribution in [0.3, 0.4) is 0 Å². The SMILES string of the molecule is O=C1C(Nc2ccc(F)cc2)=C[C@H](c2cccc3ccccc23)N1c1ccc(F)cc1. The maximum atomic E-state index is 13.5. The summed E-state index contributed by atoms with van der Waals surface area (Å²) < 4.78 is 26.8. The van der Waals surface area contributed by atoms with E-state index in [0.29, 0.717) is 17.1 Å². The third-order valence-electron chi connectivity index (χ3n) is 5.42. The van der Waals surface area contributed by atoms with Crippen LogP contribution in [0.15, 0.2) is 103 Å². The summed E-state index contributed by atoms with van der Waals surface area (Å²) in [5.74, 6) is -0.956. The Morgan fingerprint density at radius 1 is 0.742 bits per heavy atom. The summed E-state index contributed by atoms with van der Waals surface area (Å²) in [6.07, 6.45) is 1.86. The van der Waals surface area contributed by atoms with Gasteiger partial charge in [0.25, 0.3) is 5.91 Å². The lowest BCUT2D eigenvalue weighted by atomic mass is 9.98. The number of halogens is 2. The molecule has 0 unspecified atom stereocenters. The number of nitrogens with zero attached hydrogens (tertiary/aromatic N) is 1. The maximum Gasteiger partial charge on any atom is 0.275 e. The summed E-state index contributed by atoms with van der Waals surface area (Å²) >= 11 is 0. The standard InChI is InChI=1S/C26H18F2N2O/c27-18-8-12-20(13-9-18)29-24-16-25(23-7-3-5-17-4-1-2-6-22(17)23)30(26(24)31)21-14-10-19(28)11-15-21/h1-16,25,29H/t25-/m1/s1. The Morgan fingerprint density at radius 3 is 2.13 bits per heavy atom. The van der Waals surface area contributed by atoms with Crippen LogP contribution < -0.4 is 10.2 Å². The molecule has 31 heavy (non-hydrogen) atoms. The van der Waals surface area contributed by atoms with Crippen molar-refractivity contribution in [1.82, 2.24) is 0 Å². The Hall–Kier alpha value is -3.99. The van der Waals surface area contributed by atoms with Gasteiger partial charge in [-0.05, 0) is 70.9 Å². The summed E-state index contributed by atoms with van der Waals surface area (Å²) in [6, 6.07) is 25.3. The lowest BCUT2D eigenvalue weighted by Gasteiger charge is -2.26. The first-order valence-electron chi connectivity index (χ1n) is 9.91. The number of hydrogen-bond donors (Lipinski definition) is 1. The minimum absolute atomic E-state index is 0.242. The predicted molar refractivity (Wildman–Crippen MR) is 119 cm³/mol. The molecule has 0 aliphatic carbocycles. The van der Waals surface area contributed by atoms with Gasteiger partial charge in [0.2, 0.25) is 0 Å². The lowest BCUT2D eigenvalue weighted by Crippen LogP contribution is -2.30. The number of carbonyl (C=O) groups is 1. The van der Waals surface area contributed by atoms with Gasteiger partial charge >= 0.3 is 0 Å². The fraction of sp³-hybridized carbons (Fsp3) is 0.0385. The second-order valence-corrected chi connectivity index (χ2v) is 7.38. The van der Waals surface area contributed by atoms with Crippen LogP contribution in [0.1, 0.15) is 11.6 Å². The Kier molecular flexibility index (Phi) is 4.71. The molecule has 152 valence electrons. The van der Waals surface area contributed by atoms with Gasteiger partial charge < -0.3 is 5.32 Å². The molecule has 3 nitrogen and oxygen atoms in total. The van der Waals surface area contributed by atoms with Crippen LogP contribution in [0, 0.1) is 11.6 Å². The summed E-state index contributed by atoms with van der Waals surface area (Å²) in [5, 5.41) is 5.21. The molecule has 5 rings (SSSR count). The molecular formula is C26H18F2N2O. The Labute approximate surface area is 178 Å². The van der Waals surface area contributed by atoms with Gasteiger partial charge in [0, 0.05) is 11.4 Å². The van der Waals surface area contributed by atoms with Gasteiger partial charge in [-0.1, -0.05) is 42.5 Å². The first kappa shape index (κ1) is 19.0. The van der Waals surface area contributed by atoms with Gasteiger partial charge in [0.15, 0.2) is 0 Å². The van der Waals surface area contributed by atoms with Crippen LogP contribution in [0.25, 0.3) is 10.8 Å². The highest BCUT2D eigenvalue weighted by Gasteiger charge is 2.35. The molecule has 5 heteroatoms. The molecule has 0 spiro atoms. The number of hydrogen-bond acceptors (Lipinski definition) is 2. The van der Waals surface area contributed by atoms with Crippen molar-refractivity contribution in [3.63, 3.8) is 0 Å². The Bertz CT molecular complexity index is 1290. The summed E-state index contributed by atoms with van der Waals surface area (Å²) in [6.45, 7) is 0. The molecule has 1 N–H and O–H groups in total. The highest BCUT2D eigenvalue weighted by atomic mass is 19.1. The minimum atomic E-state index is -0.382. The highest BCUT2D eigenvalue weighted by Crippen LogP contribution is 2.38. The Balaban J connectivity index is 1.61. The lowest BCUT2D eigenvalue weighted by molar-refractivity contribution is -0.114. The molecular weight excluding hydrogens is 394 g/mol. The van der Waals surface area contributed by atoms with E-state index < -0.39 is 0 Å². The van der Waals surface area contributed by atoms with Crippen LogP contribution in [-0.2, 0) is 4.79 Å². The molecule has 0 fully saturated rings. The number of benzene rings is 4. The zero-order valence-corrected chi connectivity index (χ0v) is 16.4. The molecule has 1 aliphatic rings.